The fourth-order valence-electron chi connectivity index (χ4n) is 5.42. The topological polar surface area (TPSA) is 104 Å². The number of aliphatic hydroxyl groups excluding tert-OH is 1. The molecule has 0 aliphatic heterocycles. The molecular formula is C36H69NO5S. The van der Waals surface area contributed by atoms with Crippen LogP contribution in [0, 0.1) is 0 Å². The van der Waals surface area contributed by atoms with Gasteiger partial charge in [-0.3, -0.25) is 9.35 Å². The first-order chi connectivity index (χ1) is 20.8. The van der Waals surface area contributed by atoms with Gasteiger partial charge in [-0.05, 0) is 44.9 Å². The molecule has 43 heavy (non-hydrogen) atoms. The van der Waals surface area contributed by atoms with E-state index in [2.05, 4.69) is 43.5 Å². The van der Waals surface area contributed by atoms with Crippen molar-refractivity contribution in [1.29, 1.82) is 0 Å². The Kier molecular flexibility index (Phi) is 30.0. The maximum atomic E-state index is 12.4. The van der Waals surface area contributed by atoms with Crippen molar-refractivity contribution in [2.45, 2.75) is 193 Å². The SMILES string of the molecule is CCCCCCC/C=C\C/C=C\CCCCCCCCCCCC(=O)NC(CS(=O)(=O)O)C(O)CCCCCCCCC. The molecule has 0 bridgehead atoms. The van der Waals surface area contributed by atoms with Gasteiger partial charge in [0.25, 0.3) is 10.1 Å². The first-order valence-electron chi connectivity index (χ1n) is 18.0. The van der Waals surface area contributed by atoms with Crippen LogP contribution in [0.2, 0.25) is 0 Å². The van der Waals surface area contributed by atoms with Crippen molar-refractivity contribution in [3.63, 3.8) is 0 Å². The number of hydrogen-bond acceptors (Lipinski definition) is 4. The zero-order valence-corrected chi connectivity index (χ0v) is 28.9. The molecule has 0 aromatic heterocycles. The van der Waals surface area contributed by atoms with Crippen LogP contribution in [0.3, 0.4) is 0 Å². The van der Waals surface area contributed by atoms with E-state index in [1.54, 1.807) is 0 Å². The van der Waals surface area contributed by atoms with E-state index in [0.29, 0.717) is 12.8 Å². The van der Waals surface area contributed by atoms with E-state index in [4.69, 9.17) is 0 Å². The third-order valence-corrected chi connectivity index (χ3v) is 8.94. The molecule has 0 saturated heterocycles. The van der Waals surface area contributed by atoms with Gasteiger partial charge in [-0.15, -0.1) is 0 Å². The van der Waals surface area contributed by atoms with Crippen LogP contribution in [0.1, 0.15) is 181 Å². The van der Waals surface area contributed by atoms with Gasteiger partial charge in [0.2, 0.25) is 5.91 Å². The van der Waals surface area contributed by atoms with Crippen molar-refractivity contribution >= 4 is 16.0 Å². The summed E-state index contributed by atoms with van der Waals surface area (Å²) in [6.07, 6.45) is 37.2. The van der Waals surface area contributed by atoms with E-state index in [9.17, 15) is 22.9 Å². The van der Waals surface area contributed by atoms with Crippen molar-refractivity contribution in [1.82, 2.24) is 5.32 Å². The second kappa shape index (κ2) is 30.8. The Hall–Kier alpha value is -1.18. The summed E-state index contributed by atoms with van der Waals surface area (Å²) in [5, 5.41) is 13.2. The van der Waals surface area contributed by atoms with Crippen molar-refractivity contribution in [2.75, 3.05) is 5.75 Å². The lowest BCUT2D eigenvalue weighted by Crippen LogP contribution is -2.47. The van der Waals surface area contributed by atoms with E-state index in [-0.39, 0.29) is 5.91 Å². The van der Waals surface area contributed by atoms with Gasteiger partial charge in [0.1, 0.15) is 0 Å². The first-order valence-corrected chi connectivity index (χ1v) is 19.6. The molecular weight excluding hydrogens is 558 g/mol. The number of carbonyl (C=O) groups excluding carboxylic acids is 1. The molecule has 1 amide bonds. The summed E-state index contributed by atoms with van der Waals surface area (Å²) in [6, 6.07) is -0.968. The average Bonchev–Trinajstić information content (AvgIpc) is 2.96. The van der Waals surface area contributed by atoms with Crippen LogP contribution in [0.25, 0.3) is 0 Å². The van der Waals surface area contributed by atoms with Crippen LogP contribution < -0.4 is 5.32 Å². The monoisotopic (exact) mass is 627 g/mol. The molecule has 2 atom stereocenters. The quantitative estimate of drug-likeness (QED) is 0.0391. The molecule has 0 rings (SSSR count). The zero-order chi connectivity index (χ0) is 31.9. The smallest absolute Gasteiger partial charge is 0.266 e. The van der Waals surface area contributed by atoms with E-state index >= 15 is 0 Å². The first kappa shape index (κ1) is 41.8. The third-order valence-electron chi connectivity index (χ3n) is 8.16. The minimum Gasteiger partial charge on any atom is -0.391 e. The van der Waals surface area contributed by atoms with Gasteiger partial charge in [0.05, 0.1) is 17.9 Å². The molecule has 3 N–H and O–H groups in total. The Balaban J connectivity index is 3.80. The lowest BCUT2D eigenvalue weighted by Gasteiger charge is -2.23. The Morgan fingerprint density at radius 2 is 1.05 bits per heavy atom. The van der Waals surface area contributed by atoms with Crippen molar-refractivity contribution in [2.24, 2.45) is 0 Å². The van der Waals surface area contributed by atoms with Crippen LogP contribution in [-0.4, -0.2) is 41.9 Å². The predicted octanol–water partition coefficient (Wildman–Crippen LogP) is 10.0. The number of nitrogens with one attached hydrogen (secondary N) is 1. The van der Waals surface area contributed by atoms with Crippen LogP contribution in [0.15, 0.2) is 24.3 Å². The van der Waals surface area contributed by atoms with E-state index in [1.165, 1.54) is 109 Å². The molecule has 0 aromatic rings. The molecule has 0 aromatic carbocycles. The predicted molar refractivity (Wildman–Crippen MR) is 184 cm³/mol. The minimum atomic E-state index is -4.30. The van der Waals surface area contributed by atoms with E-state index < -0.39 is 28.0 Å². The standard InChI is InChI=1S/C36H69NO5S/c1-3-5-7-9-11-12-13-14-15-16-17-18-19-20-21-22-23-24-26-28-30-32-36(39)37-34(33-43(40,41)42)35(38)31-29-27-25-10-8-6-4-2/h13-14,16-17,34-35,38H,3-12,15,18-33H2,1-2H3,(H,37,39)(H,40,41,42)/b14-13-,17-16-. The van der Waals surface area contributed by atoms with Gasteiger partial charge in [0, 0.05) is 6.42 Å². The Bertz CT molecular complexity index is 781. The highest BCUT2D eigenvalue weighted by molar-refractivity contribution is 7.85. The highest BCUT2D eigenvalue weighted by Crippen LogP contribution is 2.14. The van der Waals surface area contributed by atoms with Crippen molar-refractivity contribution < 1.29 is 22.9 Å². The number of allylic oxidation sites excluding steroid dienone is 4. The van der Waals surface area contributed by atoms with Gasteiger partial charge in [-0.1, -0.05) is 154 Å². The zero-order valence-electron chi connectivity index (χ0n) is 28.1. The fraction of sp³-hybridized carbons (Fsp3) is 0.861. The number of unbranched alkanes of at least 4 members (excludes halogenated alkanes) is 20. The van der Waals surface area contributed by atoms with Gasteiger partial charge >= 0.3 is 0 Å². The maximum absolute atomic E-state index is 12.4. The van der Waals surface area contributed by atoms with Crippen molar-refractivity contribution in [3.8, 4) is 0 Å². The highest BCUT2D eigenvalue weighted by Gasteiger charge is 2.26. The maximum Gasteiger partial charge on any atom is 0.266 e. The highest BCUT2D eigenvalue weighted by atomic mass is 32.2. The lowest BCUT2D eigenvalue weighted by atomic mass is 10.0. The minimum absolute atomic E-state index is 0.254. The van der Waals surface area contributed by atoms with Crippen LogP contribution >= 0.6 is 0 Å². The molecule has 0 radical (unpaired) electrons. The third kappa shape index (κ3) is 32.0. The summed E-state index contributed by atoms with van der Waals surface area (Å²) in [7, 11) is -4.30. The molecule has 0 heterocycles. The Morgan fingerprint density at radius 3 is 1.51 bits per heavy atom. The molecule has 0 saturated carbocycles. The van der Waals surface area contributed by atoms with Gasteiger partial charge in [-0.2, -0.15) is 8.42 Å². The molecule has 7 heteroatoms. The summed E-state index contributed by atoms with van der Waals surface area (Å²) in [6.45, 7) is 4.44. The average molecular weight is 628 g/mol. The van der Waals surface area contributed by atoms with Gasteiger partial charge in [-0.25, -0.2) is 0 Å². The summed E-state index contributed by atoms with van der Waals surface area (Å²) in [4.78, 5) is 12.4. The van der Waals surface area contributed by atoms with Gasteiger partial charge in [0.15, 0.2) is 0 Å². The number of hydrogen-bond donors (Lipinski definition) is 3. The number of aliphatic hydroxyl groups is 1. The second-order valence-electron chi connectivity index (χ2n) is 12.5. The molecule has 0 aliphatic carbocycles. The fourth-order valence-corrected chi connectivity index (χ4v) is 6.18. The normalized spacial score (nSPS) is 13.7. The van der Waals surface area contributed by atoms with Crippen LogP contribution in [0.4, 0.5) is 0 Å². The number of carbonyl (C=O) groups is 1. The summed E-state index contributed by atoms with van der Waals surface area (Å²) >= 11 is 0. The molecule has 6 nitrogen and oxygen atoms in total. The largest absolute Gasteiger partial charge is 0.391 e. The second-order valence-corrected chi connectivity index (χ2v) is 14.0. The molecule has 0 spiro atoms. The molecule has 0 aliphatic rings. The molecule has 254 valence electrons. The lowest BCUT2D eigenvalue weighted by molar-refractivity contribution is -0.122. The van der Waals surface area contributed by atoms with E-state index in [1.807, 2.05) is 0 Å². The summed E-state index contributed by atoms with van der Waals surface area (Å²) < 4.78 is 32.2. The number of rotatable bonds is 32. The summed E-state index contributed by atoms with van der Waals surface area (Å²) in [5.41, 5.74) is 0. The van der Waals surface area contributed by atoms with E-state index in [0.717, 1.165) is 44.9 Å². The Morgan fingerprint density at radius 1 is 0.628 bits per heavy atom. The Labute approximate surface area is 266 Å². The van der Waals surface area contributed by atoms with Gasteiger partial charge < -0.3 is 10.4 Å². The van der Waals surface area contributed by atoms with Crippen LogP contribution in [0.5, 0.6) is 0 Å². The van der Waals surface area contributed by atoms with Crippen molar-refractivity contribution in [3.05, 3.63) is 24.3 Å². The number of amides is 1. The molecule has 2 unspecified atom stereocenters. The van der Waals surface area contributed by atoms with Crippen LogP contribution in [-0.2, 0) is 14.9 Å². The molecule has 0 fully saturated rings. The summed E-state index contributed by atoms with van der Waals surface area (Å²) in [5.74, 6) is -0.904.